The average Bonchev–Trinajstić information content (AvgIpc) is 2.75. The second kappa shape index (κ2) is 8.25. The minimum atomic E-state index is -3.79. The maximum Gasteiger partial charge on any atom is 0.261 e. The van der Waals surface area contributed by atoms with E-state index in [-0.39, 0.29) is 21.2 Å². The van der Waals surface area contributed by atoms with Crippen LogP contribution in [0.1, 0.15) is 10.4 Å². The monoisotopic (exact) mass is 444 g/mol. The fourth-order valence-corrected chi connectivity index (χ4v) is 4.25. The van der Waals surface area contributed by atoms with Crippen molar-refractivity contribution in [3.05, 3.63) is 77.3 Å². The Morgan fingerprint density at radius 2 is 1.63 bits per heavy atom. The van der Waals surface area contributed by atoms with E-state index in [1.165, 1.54) is 30.3 Å². The molecule has 0 bridgehead atoms. The van der Waals surface area contributed by atoms with Crippen molar-refractivity contribution in [2.75, 3.05) is 23.3 Å². The van der Waals surface area contributed by atoms with Gasteiger partial charge in [0.2, 0.25) is 0 Å². The molecule has 0 radical (unpaired) electrons. The normalized spacial score (nSPS) is 12.8. The van der Waals surface area contributed by atoms with Crippen molar-refractivity contribution >= 4 is 38.9 Å². The summed E-state index contributed by atoms with van der Waals surface area (Å²) in [5.41, 5.74) is 0.989. The molecule has 3 aromatic carbocycles. The number of carbonyl (C=O) groups is 1. The van der Waals surface area contributed by atoms with E-state index >= 15 is 0 Å². The van der Waals surface area contributed by atoms with Gasteiger partial charge in [0.25, 0.3) is 15.9 Å². The van der Waals surface area contributed by atoms with Gasteiger partial charge in [0, 0.05) is 17.3 Å². The molecule has 1 heterocycles. The number of anilines is 2. The molecule has 3 aromatic rings. The van der Waals surface area contributed by atoms with Gasteiger partial charge in [-0.2, -0.15) is 0 Å². The molecular weight excluding hydrogens is 428 g/mol. The lowest BCUT2D eigenvalue weighted by Crippen LogP contribution is -2.16. The maximum atomic E-state index is 12.6. The first-order chi connectivity index (χ1) is 14.4. The highest BCUT2D eigenvalue weighted by atomic mass is 35.5. The zero-order valence-electron chi connectivity index (χ0n) is 15.6. The van der Waals surface area contributed by atoms with Crippen LogP contribution < -0.4 is 19.5 Å². The Morgan fingerprint density at radius 1 is 0.900 bits per heavy atom. The van der Waals surface area contributed by atoms with Crippen LogP contribution in [0.15, 0.2) is 71.6 Å². The molecule has 4 rings (SSSR count). The van der Waals surface area contributed by atoms with Crippen molar-refractivity contribution < 1.29 is 22.7 Å². The molecule has 30 heavy (non-hydrogen) atoms. The number of halogens is 1. The molecule has 2 N–H and O–H groups in total. The highest BCUT2D eigenvalue weighted by Gasteiger charge is 2.17. The van der Waals surface area contributed by atoms with Crippen molar-refractivity contribution in [3.63, 3.8) is 0 Å². The number of rotatable bonds is 5. The summed E-state index contributed by atoms with van der Waals surface area (Å²) in [6, 6.07) is 17.4. The van der Waals surface area contributed by atoms with Crippen LogP contribution in [0.5, 0.6) is 11.5 Å². The van der Waals surface area contributed by atoms with Crippen LogP contribution >= 0.6 is 11.6 Å². The van der Waals surface area contributed by atoms with E-state index in [4.69, 9.17) is 21.1 Å². The third-order valence-corrected chi connectivity index (χ3v) is 6.02. The lowest BCUT2D eigenvalue weighted by molar-refractivity contribution is 0.102. The summed E-state index contributed by atoms with van der Waals surface area (Å²) in [6.45, 7) is 0.929. The SMILES string of the molecule is O=C(Nc1ccc2c(c1)OCCO2)c1ccc(NS(=O)(=O)c2ccccc2)c(Cl)c1. The fourth-order valence-electron chi connectivity index (χ4n) is 2.87. The van der Waals surface area contributed by atoms with E-state index in [0.29, 0.717) is 30.4 Å². The molecule has 9 heteroatoms. The minimum Gasteiger partial charge on any atom is -0.486 e. The van der Waals surface area contributed by atoms with Gasteiger partial charge in [-0.15, -0.1) is 0 Å². The zero-order valence-corrected chi connectivity index (χ0v) is 17.2. The number of benzene rings is 3. The molecule has 0 saturated heterocycles. The first kappa shape index (κ1) is 20.1. The molecule has 0 unspecified atom stereocenters. The van der Waals surface area contributed by atoms with Crippen molar-refractivity contribution in [3.8, 4) is 11.5 Å². The van der Waals surface area contributed by atoms with E-state index < -0.39 is 15.9 Å². The van der Waals surface area contributed by atoms with E-state index in [2.05, 4.69) is 10.0 Å². The summed E-state index contributed by atoms with van der Waals surface area (Å²) in [5, 5.41) is 2.86. The van der Waals surface area contributed by atoms with Crippen molar-refractivity contribution in [2.45, 2.75) is 4.90 Å². The zero-order chi connectivity index (χ0) is 21.1. The van der Waals surface area contributed by atoms with Crippen LogP contribution in [0.25, 0.3) is 0 Å². The number of amides is 1. The van der Waals surface area contributed by atoms with Crippen LogP contribution in [-0.2, 0) is 10.0 Å². The topological polar surface area (TPSA) is 93.7 Å². The van der Waals surface area contributed by atoms with Gasteiger partial charge in [-0.25, -0.2) is 8.42 Å². The minimum absolute atomic E-state index is 0.101. The van der Waals surface area contributed by atoms with Crippen LogP contribution in [0.3, 0.4) is 0 Å². The molecule has 1 aliphatic rings. The lowest BCUT2D eigenvalue weighted by Gasteiger charge is -2.19. The Kier molecular flexibility index (Phi) is 5.52. The van der Waals surface area contributed by atoms with Crippen LogP contribution in [0, 0.1) is 0 Å². The van der Waals surface area contributed by atoms with Gasteiger partial charge in [0.05, 0.1) is 15.6 Å². The van der Waals surface area contributed by atoms with Crippen LogP contribution in [0.2, 0.25) is 5.02 Å². The summed E-state index contributed by atoms with van der Waals surface area (Å²) < 4.78 is 38.3. The number of nitrogens with one attached hydrogen (secondary N) is 2. The predicted molar refractivity (Wildman–Crippen MR) is 114 cm³/mol. The lowest BCUT2D eigenvalue weighted by atomic mass is 10.2. The van der Waals surface area contributed by atoms with Gasteiger partial charge in [-0.1, -0.05) is 29.8 Å². The van der Waals surface area contributed by atoms with Gasteiger partial charge in [0.1, 0.15) is 13.2 Å². The van der Waals surface area contributed by atoms with E-state index in [1.807, 2.05) is 0 Å². The number of fused-ring (bicyclic) bond motifs is 1. The standard InChI is InChI=1S/C21H17ClN2O5S/c22-17-12-14(6-8-18(17)24-30(26,27)16-4-2-1-3-5-16)21(25)23-15-7-9-19-20(13-15)29-11-10-28-19/h1-9,12-13,24H,10-11H2,(H,23,25). The van der Waals surface area contributed by atoms with Crippen molar-refractivity contribution in [1.29, 1.82) is 0 Å². The molecule has 0 atom stereocenters. The van der Waals surface area contributed by atoms with Gasteiger partial charge in [-0.05, 0) is 42.5 Å². The van der Waals surface area contributed by atoms with Crippen LogP contribution in [-0.4, -0.2) is 27.5 Å². The number of sulfonamides is 1. The highest BCUT2D eigenvalue weighted by Crippen LogP contribution is 2.33. The summed E-state index contributed by atoms with van der Waals surface area (Å²) in [7, 11) is -3.79. The molecule has 0 fully saturated rings. The Labute approximate surface area is 178 Å². The first-order valence-corrected chi connectivity index (χ1v) is 10.9. The number of hydrogen-bond acceptors (Lipinski definition) is 5. The Morgan fingerprint density at radius 3 is 2.37 bits per heavy atom. The van der Waals surface area contributed by atoms with E-state index in [1.54, 1.807) is 36.4 Å². The summed E-state index contributed by atoms with van der Waals surface area (Å²) >= 11 is 6.22. The third-order valence-electron chi connectivity index (χ3n) is 4.33. The molecule has 0 aromatic heterocycles. The van der Waals surface area contributed by atoms with Gasteiger partial charge >= 0.3 is 0 Å². The molecule has 7 nitrogen and oxygen atoms in total. The second-order valence-electron chi connectivity index (χ2n) is 6.43. The Hall–Kier alpha value is -3.23. The quantitative estimate of drug-likeness (QED) is 0.616. The molecule has 1 amide bonds. The molecule has 0 aliphatic carbocycles. The Balaban J connectivity index is 1.49. The molecule has 0 saturated carbocycles. The van der Waals surface area contributed by atoms with Crippen LogP contribution in [0.4, 0.5) is 11.4 Å². The molecular formula is C21H17ClN2O5S. The molecule has 154 valence electrons. The maximum absolute atomic E-state index is 12.6. The largest absolute Gasteiger partial charge is 0.486 e. The van der Waals surface area contributed by atoms with Gasteiger partial charge in [-0.3, -0.25) is 9.52 Å². The Bertz CT molecular complexity index is 1200. The number of ether oxygens (including phenoxy) is 2. The van der Waals surface area contributed by atoms with Gasteiger partial charge in [0.15, 0.2) is 11.5 Å². The van der Waals surface area contributed by atoms with Gasteiger partial charge < -0.3 is 14.8 Å². The van der Waals surface area contributed by atoms with E-state index in [9.17, 15) is 13.2 Å². The first-order valence-electron chi connectivity index (χ1n) is 9.01. The summed E-state index contributed by atoms with van der Waals surface area (Å²) in [6.07, 6.45) is 0. The number of hydrogen-bond donors (Lipinski definition) is 2. The predicted octanol–water partition coefficient (Wildman–Crippen LogP) is 4.16. The van der Waals surface area contributed by atoms with Crippen molar-refractivity contribution in [1.82, 2.24) is 0 Å². The third kappa shape index (κ3) is 4.34. The summed E-state index contributed by atoms with van der Waals surface area (Å²) in [5.74, 6) is 0.783. The molecule has 1 aliphatic heterocycles. The summed E-state index contributed by atoms with van der Waals surface area (Å²) in [4.78, 5) is 12.7. The highest BCUT2D eigenvalue weighted by molar-refractivity contribution is 7.92. The molecule has 0 spiro atoms. The fraction of sp³-hybridized carbons (Fsp3) is 0.0952. The average molecular weight is 445 g/mol. The number of carbonyl (C=O) groups excluding carboxylic acids is 1. The second-order valence-corrected chi connectivity index (χ2v) is 8.52. The van der Waals surface area contributed by atoms with Crippen molar-refractivity contribution in [2.24, 2.45) is 0 Å². The van der Waals surface area contributed by atoms with E-state index in [0.717, 1.165) is 0 Å². The smallest absolute Gasteiger partial charge is 0.261 e.